The predicted octanol–water partition coefficient (Wildman–Crippen LogP) is 3.28. The first-order valence-corrected chi connectivity index (χ1v) is 9.79. The van der Waals surface area contributed by atoms with E-state index in [0.29, 0.717) is 41.8 Å². The number of pyridine rings is 1. The largest absolute Gasteiger partial charge is 0.482 e. The molecular formula is C20H21ClN4O4. The average Bonchev–Trinajstić information content (AvgIpc) is 3.22. The molecule has 0 bridgehead atoms. The summed E-state index contributed by atoms with van der Waals surface area (Å²) >= 11 is 6.31. The molecule has 2 aromatic rings. The third-order valence-corrected chi connectivity index (χ3v) is 5.09. The number of nitrogens with zero attached hydrogens (tertiary/aromatic N) is 2. The van der Waals surface area contributed by atoms with E-state index in [1.165, 1.54) is 0 Å². The number of benzene rings is 1. The van der Waals surface area contributed by atoms with Crippen LogP contribution in [0.3, 0.4) is 0 Å². The number of ether oxygens (including phenoxy) is 2. The van der Waals surface area contributed by atoms with Crippen LogP contribution in [0.2, 0.25) is 5.02 Å². The quantitative estimate of drug-likeness (QED) is 0.780. The van der Waals surface area contributed by atoms with E-state index in [0.717, 1.165) is 18.4 Å². The molecule has 1 fully saturated rings. The van der Waals surface area contributed by atoms with Crippen molar-refractivity contribution in [3.8, 4) is 5.75 Å². The van der Waals surface area contributed by atoms with E-state index in [1.54, 1.807) is 29.4 Å². The maximum absolute atomic E-state index is 13.0. The molecule has 0 radical (unpaired) electrons. The van der Waals surface area contributed by atoms with Gasteiger partial charge in [0.05, 0.1) is 22.5 Å². The molecule has 2 aliphatic heterocycles. The summed E-state index contributed by atoms with van der Waals surface area (Å²) in [6, 6.07) is 6.64. The molecule has 2 N–H and O–H groups in total. The number of anilines is 2. The summed E-state index contributed by atoms with van der Waals surface area (Å²) in [5.74, 6) is 0.215. The van der Waals surface area contributed by atoms with Crippen molar-refractivity contribution in [3.05, 3.63) is 47.2 Å². The van der Waals surface area contributed by atoms with E-state index in [4.69, 9.17) is 21.1 Å². The summed E-state index contributed by atoms with van der Waals surface area (Å²) in [7, 11) is 0. The van der Waals surface area contributed by atoms with Crippen molar-refractivity contribution in [2.75, 3.05) is 30.4 Å². The Labute approximate surface area is 173 Å². The van der Waals surface area contributed by atoms with Gasteiger partial charge in [-0.05, 0) is 30.5 Å². The van der Waals surface area contributed by atoms with Crippen molar-refractivity contribution in [2.24, 2.45) is 0 Å². The van der Waals surface area contributed by atoms with Crippen molar-refractivity contribution in [3.63, 3.8) is 0 Å². The van der Waals surface area contributed by atoms with E-state index in [-0.39, 0.29) is 24.6 Å². The van der Waals surface area contributed by atoms with Gasteiger partial charge in [-0.3, -0.25) is 9.78 Å². The number of aromatic nitrogens is 1. The Kier molecular flexibility index (Phi) is 5.82. The van der Waals surface area contributed by atoms with Crippen LogP contribution in [0.5, 0.6) is 5.75 Å². The lowest BCUT2D eigenvalue weighted by molar-refractivity contribution is -0.118. The van der Waals surface area contributed by atoms with Crippen LogP contribution in [0.15, 0.2) is 36.7 Å². The molecule has 2 aliphatic rings. The third kappa shape index (κ3) is 4.78. The van der Waals surface area contributed by atoms with Crippen molar-refractivity contribution < 1.29 is 19.1 Å². The number of rotatable bonds is 5. The Morgan fingerprint density at radius 1 is 1.41 bits per heavy atom. The second kappa shape index (κ2) is 8.67. The second-order valence-electron chi connectivity index (χ2n) is 6.97. The first-order valence-electron chi connectivity index (χ1n) is 9.41. The van der Waals surface area contributed by atoms with E-state index < -0.39 is 0 Å². The van der Waals surface area contributed by atoms with Gasteiger partial charge < -0.3 is 25.0 Å². The highest BCUT2D eigenvalue weighted by atomic mass is 35.5. The molecule has 0 spiro atoms. The fraction of sp³-hybridized carbons (Fsp3) is 0.350. The average molecular weight is 417 g/mol. The number of amides is 3. The van der Waals surface area contributed by atoms with Gasteiger partial charge in [0.1, 0.15) is 5.75 Å². The fourth-order valence-corrected chi connectivity index (χ4v) is 3.57. The van der Waals surface area contributed by atoms with E-state index in [2.05, 4.69) is 15.6 Å². The van der Waals surface area contributed by atoms with Crippen LogP contribution in [-0.4, -0.2) is 47.7 Å². The Balaban J connectivity index is 1.51. The van der Waals surface area contributed by atoms with Crippen molar-refractivity contribution in [2.45, 2.75) is 25.5 Å². The number of carbonyl (C=O) groups excluding carboxylic acids is 2. The highest BCUT2D eigenvalue weighted by Gasteiger charge is 2.24. The maximum atomic E-state index is 13.0. The molecule has 29 heavy (non-hydrogen) atoms. The van der Waals surface area contributed by atoms with Crippen LogP contribution in [0.4, 0.5) is 16.2 Å². The van der Waals surface area contributed by atoms with Crippen LogP contribution < -0.4 is 15.4 Å². The molecule has 9 heteroatoms. The Hall–Kier alpha value is -2.84. The minimum absolute atomic E-state index is 0.00923. The molecule has 4 rings (SSSR count). The highest BCUT2D eigenvalue weighted by Crippen LogP contribution is 2.36. The Morgan fingerprint density at radius 2 is 2.31 bits per heavy atom. The number of hydrogen-bond donors (Lipinski definition) is 2. The molecule has 0 aliphatic carbocycles. The number of nitrogens with one attached hydrogen (secondary N) is 2. The molecule has 152 valence electrons. The second-order valence-corrected chi connectivity index (χ2v) is 7.38. The van der Waals surface area contributed by atoms with Gasteiger partial charge in [-0.2, -0.15) is 0 Å². The minimum atomic E-state index is -0.300. The zero-order valence-corrected chi connectivity index (χ0v) is 16.4. The van der Waals surface area contributed by atoms with Gasteiger partial charge in [0.2, 0.25) is 0 Å². The molecular weight excluding hydrogens is 396 g/mol. The number of carbonyl (C=O) groups is 2. The van der Waals surface area contributed by atoms with Crippen LogP contribution in [-0.2, 0) is 16.1 Å². The van der Waals surface area contributed by atoms with Crippen LogP contribution in [0.25, 0.3) is 0 Å². The standard InChI is InChI=1S/C20H21ClN4O4/c21-15-7-17-18(29-12-19(26)23-17)8-16(15)24-20(27)25(11-14-4-2-6-28-14)10-13-3-1-5-22-9-13/h1,3,5,7-9,14H,2,4,6,10-12H2,(H,23,26)(H,24,27). The van der Waals surface area contributed by atoms with Gasteiger partial charge in [0.25, 0.3) is 5.91 Å². The Morgan fingerprint density at radius 3 is 3.07 bits per heavy atom. The number of urea groups is 1. The third-order valence-electron chi connectivity index (χ3n) is 4.78. The molecule has 0 saturated carbocycles. The van der Waals surface area contributed by atoms with Crippen molar-refractivity contribution >= 4 is 34.9 Å². The smallest absolute Gasteiger partial charge is 0.322 e. The van der Waals surface area contributed by atoms with E-state index >= 15 is 0 Å². The van der Waals surface area contributed by atoms with E-state index in [9.17, 15) is 9.59 Å². The lowest BCUT2D eigenvalue weighted by Gasteiger charge is -2.26. The molecule has 1 atom stereocenters. The zero-order chi connectivity index (χ0) is 20.2. The van der Waals surface area contributed by atoms with Gasteiger partial charge in [0.15, 0.2) is 6.61 Å². The van der Waals surface area contributed by atoms with Crippen molar-refractivity contribution in [1.82, 2.24) is 9.88 Å². The highest BCUT2D eigenvalue weighted by molar-refractivity contribution is 6.34. The molecule has 3 heterocycles. The first kappa shape index (κ1) is 19.5. The van der Waals surface area contributed by atoms with Gasteiger partial charge >= 0.3 is 6.03 Å². The molecule has 1 unspecified atom stereocenters. The van der Waals surface area contributed by atoms with Gasteiger partial charge in [-0.1, -0.05) is 17.7 Å². The summed E-state index contributed by atoms with van der Waals surface area (Å²) < 4.78 is 11.1. The summed E-state index contributed by atoms with van der Waals surface area (Å²) in [6.45, 7) is 1.51. The summed E-state index contributed by atoms with van der Waals surface area (Å²) in [4.78, 5) is 30.3. The molecule has 1 aromatic heterocycles. The fourth-order valence-electron chi connectivity index (χ4n) is 3.36. The van der Waals surface area contributed by atoms with Gasteiger partial charge in [-0.15, -0.1) is 0 Å². The maximum Gasteiger partial charge on any atom is 0.322 e. The molecule has 8 nitrogen and oxygen atoms in total. The number of hydrogen-bond acceptors (Lipinski definition) is 5. The number of halogens is 1. The van der Waals surface area contributed by atoms with Crippen molar-refractivity contribution in [1.29, 1.82) is 0 Å². The van der Waals surface area contributed by atoms with E-state index in [1.807, 2.05) is 12.1 Å². The molecule has 3 amide bonds. The van der Waals surface area contributed by atoms with Gasteiger partial charge in [0, 0.05) is 38.2 Å². The monoisotopic (exact) mass is 416 g/mol. The molecule has 1 aromatic carbocycles. The minimum Gasteiger partial charge on any atom is -0.482 e. The van der Waals surface area contributed by atoms with Crippen LogP contribution in [0.1, 0.15) is 18.4 Å². The van der Waals surface area contributed by atoms with Gasteiger partial charge in [-0.25, -0.2) is 4.79 Å². The number of fused-ring (bicyclic) bond motifs is 1. The molecule has 1 saturated heterocycles. The summed E-state index contributed by atoms with van der Waals surface area (Å²) in [5.41, 5.74) is 1.81. The Bertz CT molecular complexity index is 903. The normalized spacial score (nSPS) is 17.8. The van der Waals surface area contributed by atoms with Crippen LogP contribution >= 0.6 is 11.6 Å². The predicted molar refractivity (Wildman–Crippen MR) is 108 cm³/mol. The first-order chi connectivity index (χ1) is 14.1. The lowest BCUT2D eigenvalue weighted by atomic mass is 10.2. The van der Waals surface area contributed by atoms with Crippen LogP contribution in [0, 0.1) is 0 Å². The topological polar surface area (TPSA) is 92.8 Å². The summed E-state index contributed by atoms with van der Waals surface area (Å²) in [6.07, 6.45) is 5.35. The lowest BCUT2D eigenvalue weighted by Crippen LogP contribution is -2.39. The SMILES string of the molecule is O=C1COc2cc(NC(=O)N(Cc3cccnc3)CC3CCCO3)c(Cl)cc2N1. The zero-order valence-electron chi connectivity index (χ0n) is 15.7. The summed E-state index contributed by atoms with van der Waals surface area (Å²) in [5, 5.41) is 5.85.